The summed E-state index contributed by atoms with van der Waals surface area (Å²) in [5.74, 6) is 0. The van der Waals surface area contributed by atoms with Crippen molar-refractivity contribution in [1.82, 2.24) is 0 Å². The third kappa shape index (κ3) is 3.63. The Balaban J connectivity index is 1.95. The van der Waals surface area contributed by atoms with Gasteiger partial charge in [0.1, 0.15) is 29.9 Å². The SMILES string of the molecule is OC[C@@H]1O[C@@H](SSc2ccccc2)[C@@H](O)[C@H](O)[C@@H]1O. The molecule has 0 amide bonds. The molecule has 1 fully saturated rings. The molecule has 19 heavy (non-hydrogen) atoms. The van der Waals surface area contributed by atoms with Crippen LogP contribution in [0.2, 0.25) is 0 Å². The minimum absolute atomic E-state index is 0.405. The van der Waals surface area contributed by atoms with Crippen LogP contribution in [0.15, 0.2) is 35.2 Å². The van der Waals surface area contributed by atoms with Gasteiger partial charge in [-0.25, -0.2) is 0 Å². The van der Waals surface area contributed by atoms with Crippen molar-refractivity contribution in [1.29, 1.82) is 0 Å². The van der Waals surface area contributed by atoms with Crippen molar-refractivity contribution in [3.8, 4) is 0 Å². The lowest BCUT2D eigenvalue weighted by molar-refractivity contribution is -0.205. The van der Waals surface area contributed by atoms with E-state index in [1.165, 1.54) is 21.6 Å². The number of aliphatic hydroxyl groups is 4. The Hall–Kier alpha value is -0.280. The molecule has 1 aromatic carbocycles. The number of hydrogen-bond acceptors (Lipinski definition) is 7. The van der Waals surface area contributed by atoms with Crippen molar-refractivity contribution in [2.45, 2.75) is 34.7 Å². The van der Waals surface area contributed by atoms with Gasteiger partial charge in [-0.15, -0.1) is 0 Å². The topological polar surface area (TPSA) is 90.2 Å². The van der Waals surface area contributed by atoms with Crippen molar-refractivity contribution in [2.24, 2.45) is 0 Å². The van der Waals surface area contributed by atoms with Crippen LogP contribution in [0.1, 0.15) is 0 Å². The first kappa shape index (κ1) is 15.1. The van der Waals surface area contributed by atoms with E-state index in [1.807, 2.05) is 30.3 Å². The van der Waals surface area contributed by atoms with Crippen molar-refractivity contribution in [3.63, 3.8) is 0 Å². The van der Waals surface area contributed by atoms with Crippen LogP contribution in [0.3, 0.4) is 0 Å². The van der Waals surface area contributed by atoms with E-state index in [0.717, 1.165) is 4.90 Å². The maximum atomic E-state index is 9.85. The molecule has 1 aliphatic rings. The fourth-order valence-electron chi connectivity index (χ4n) is 1.73. The Morgan fingerprint density at radius 3 is 2.32 bits per heavy atom. The maximum Gasteiger partial charge on any atom is 0.142 e. The zero-order valence-corrected chi connectivity index (χ0v) is 11.6. The van der Waals surface area contributed by atoms with Gasteiger partial charge in [0.25, 0.3) is 0 Å². The molecule has 4 N–H and O–H groups in total. The monoisotopic (exact) mass is 304 g/mol. The molecular formula is C12H16O5S2. The van der Waals surface area contributed by atoms with Gasteiger partial charge < -0.3 is 25.2 Å². The van der Waals surface area contributed by atoms with Crippen molar-refractivity contribution in [2.75, 3.05) is 6.61 Å². The smallest absolute Gasteiger partial charge is 0.142 e. The van der Waals surface area contributed by atoms with E-state index in [4.69, 9.17) is 9.84 Å². The van der Waals surface area contributed by atoms with Crippen molar-refractivity contribution < 1.29 is 25.2 Å². The molecule has 5 nitrogen and oxygen atoms in total. The highest BCUT2D eigenvalue weighted by atomic mass is 33.1. The number of aliphatic hydroxyl groups excluding tert-OH is 4. The second-order valence-electron chi connectivity index (χ2n) is 4.19. The second kappa shape index (κ2) is 6.94. The highest BCUT2D eigenvalue weighted by molar-refractivity contribution is 8.76. The fraction of sp³-hybridized carbons (Fsp3) is 0.500. The highest BCUT2D eigenvalue weighted by Crippen LogP contribution is 2.39. The van der Waals surface area contributed by atoms with Gasteiger partial charge in [-0.05, 0) is 12.1 Å². The molecule has 0 bridgehead atoms. The third-order valence-corrected chi connectivity index (χ3v) is 5.41. The van der Waals surface area contributed by atoms with E-state index in [9.17, 15) is 15.3 Å². The molecule has 0 aromatic heterocycles. The van der Waals surface area contributed by atoms with Gasteiger partial charge >= 0.3 is 0 Å². The summed E-state index contributed by atoms with van der Waals surface area (Å²) in [6.07, 6.45) is -4.68. The van der Waals surface area contributed by atoms with Crippen molar-refractivity contribution in [3.05, 3.63) is 30.3 Å². The quantitative estimate of drug-likeness (QED) is 0.592. The first-order valence-corrected chi connectivity index (χ1v) is 8.03. The minimum Gasteiger partial charge on any atom is -0.394 e. The molecule has 1 aromatic rings. The summed E-state index contributed by atoms with van der Waals surface area (Å²) in [6.45, 7) is -0.405. The summed E-state index contributed by atoms with van der Waals surface area (Å²) in [7, 11) is 2.65. The molecule has 5 atom stereocenters. The molecule has 1 aliphatic heterocycles. The summed E-state index contributed by atoms with van der Waals surface area (Å²) < 4.78 is 5.38. The van der Waals surface area contributed by atoms with Gasteiger partial charge in [0.15, 0.2) is 0 Å². The van der Waals surface area contributed by atoms with E-state index < -0.39 is 36.5 Å². The van der Waals surface area contributed by atoms with Crippen LogP contribution in [0.25, 0.3) is 0 Å². The second-order valence-corrected chi connectivity index (χ2v) is 6.56. The van der Waals surface area contributed by atoms with Gasteiger partial charge in [0, 0.05) is 4.90 Å². The van der Waals surface area contributed by atoms with E-state index in [1.54, 1.807) is 0 Å². The van der Waals surface area contributed by atoms with Gasteiger partial charge in [0.2, 0.25) is 0 Å². The largest absolute Gasteiger partial charge is 0.394 e. The number of rotatable bonds is 4. The van der Waals surface area contributed by atoms with E-state index in [0.29, 0.717) is 0 Å². The van der Waals surface area contributed by atoms with Crippen LogP contribution in [0.4, 0.5) is 0 Å². The van der Waals surface area contributed by atoms with Crippen LogP contribution >= 0.6 is 21.6 Å². The normalized spacial score (nSPS) is 35.3. The third-order valence-electron chi connectivity index (χ3n) is 2.83. The van der Waals surface area contributed by atoms with Crippen LogP contribution in [-0.4, -0.2) is 56.9 Å². The first-order chi connectivity index (χ1) is 9.13. The van der Waals surface area contributed by atoms with E-state index in [-0.39, 0.29) is 0 Å². The highest BCUT2D eigenvalue weighted by Gasteiger charge is 2.43. The lowest BCUT2D eigenvalue weighted by Gasteiger charge is -2.39. The Labute approximate surface area is 119 Å². The molecule has 0 aliphatic carbocycles. The molecule has 0 spiro atoms. The van der Waals surface area contributed by atoms with Crippen LogP contribution in [0, 0.1) is 0 Å². The predicted molar refractivity (Wildman–Crippen MR) is 73.7 cm³/mol. The van der Waals surface area contributed by atoms with Crippen LogP contribution in [-0.2, 0) is 4.74 Å². The minimum atomic E-state index is -1.32. The summed E-state index contributed by atoms with van der Waals surface area (Å²) in [5, 5.41) is 38.2. The summed E-state index contributed by atoms with van der Waals surface area (Å²) >= 11 is 0. The molecule has 0 unspecified atom stereocenters. The molecule has 1 saturated heterocycles. The van der Waals surface area contributed by atoms with Crippen molar-refractivity contribution >= 4 is 21.6 Å². The van der Waals surface area contributed by atoms with Crippen LogP contribution < -0.4 is 0 Å². The maximum absolute atomic E-state index is 9.85. The Bertz CT molecular complexity index is 389. The average molecular weight is 304 g/mol. The lowest BCUT2D eigenvalue weighted by Crippen LogP contribution is -2.57. The zero-order valence-electron chi connectivity index (χ0n) is 9.99. The summed E-state index contributed by atoms with van der Waals surface area (Å²) in [4.78, 5) is 0.990. The molecule has 2 rings (SSSR count). The lowest BCUT2D eigenvalue weighted by atomic mass is 10.0. The van der Waals surface area contributed by atoms with Gasteiger partial charge in [0.05, 0.1) is 6.61 Å². The fourth-order valence-corrected chi connectivity index (χ4v) is 4.09. The molecule has 106 valence electrons. The summed E-state index contributed by atoms with van der Waals surface area (Å²) in [5.41, 5.74) is -0.708. The Kier molecular flexibility index (Phi) is 5.52. The molecule has 0 saturated carbocycles. The molecular weight excluding hydrogens is 288 g/mol. The predicted octanol–water partition coefficient (Wildman–Crippen LogP) is 0.227. The van der Waals surface area contributed by atoms with E-state index in [2.05, 4.69) is 0 Å². The standard InChI is InChI=1S/C12H16O5S2/c13-6-8-9(14)10(15)11(16)12(17-8)19-18-7-4-2-1-3-5-7/h1-5,8-16H,6H2/t8-,9+,10+,11-,12-/m0/s1. The molecule has 0 radical (unpaired) electrons. The first-order valence-electron chi connectivity index (χ1n) is 5.82. The van der Waals surface area contributed by atoms with Crippen LogP contribution in [0.5, 0.6) is 0 Å². The number of ether oxygens (including phenoxy) is 1. The zero-order chi connectivity index (χ0) is 13.8. The number of benzene rings is 1. The molecule has 7 heteroatoms. The average Bonchev–Trinajstić information content (AvgIpc) is 2.45. The summed E-state index contributed by atoms with van der Waals surface area (Å²) in [6, 6.07) is 9.54. The van der Waals surface area contributed by atoms with Gasteiger partial charge in [-0.2, -0.15) is 0 Å². The van der Waals surface area contributed by atoms with Gasteiger partial charge in [-0.1, -0.05) is 39.8 Å². The van der Waals surface area contributed by atoms with E-state index >= 15 is 0 Å². The molecule has 1 heterocycles. The Morgan fingerprint density at radius 1 is 1.00 bits per heavy atom. The Morgan fingerprint density at radius 2 is 1.68 bits per heavy atom. The number of hydrogen-bond donors (Lipinski definition) is 4. The van der Waals surface area contributed by atoms with Gasteiger partial charge in [-0.3, -0.25) is 0 Å².